The van der Waals surface area contributed by atoms with Crippen molar-refractivity contribution >= 4 is 0 Å². The summed E-state index contributed by atoms with van der Waals surface area (Å²) in [4.78, 5) is 0. The summed E-state index contributed by atoms with van der Waals surface area (Å²) in [5, 5.41) is 12.6. The lowest BCUT2D eigenvalue weighted by Crippen LogP contribution is -1.97. The molecular formula is C11H11NO3. The van der Waals surface area contributed by atoms with Crippen molar-refractivity contribution < 1.29 is 14.4 Å². The van der Waals surface area contributed by atoms with Crippen LogP contribution in [0.15, 0.2) is 41.2 Å². The van der Waals surface area contributed by atoms with Gasteiger partial charge in [-0.05, 0) is 6.07 Å². The number of aromatic nitrogens is 1. The van der Waals surface area contributed by atoms with Gasteiger partial charge in [-0.25, -0.2) is 0 Å². The molecule has 0 saturated carbocycles. The van der Waals surface area contributed by atoms with E-state index in [2.05, 4.69) is 9.68 Å². The van der Waals surface area contributed by atoms with E-state index in [4.69, 9.17) is 9.84 Å². The SMILES string of the molecule is OCc1ccccc1OCc1cnoc1. The summed E-state index contributed by atoms with van der Waals surface area (Å²) in [5.41, 5.74) is 1.64. The van der Waals surface area contributed by atoms with Gasteiger partial charge in [-0.15, -0.1) is 0 Å². The first-order valence-electron chi connectivity index (χ1n) is 4.60. The predicted octanol–water partition coefficient (Wildman–Crippen LogP) is 1.75. The quantitative estimate of drug-likeness (QED) is 0.826. The van der Waals surface area contributed by atoms with E-state index in [0.29, 0.717) is 12.4 Å². The van der Waals surface area contributed by atoms with Gasteiger partial charge < -0.3 is 14.4 Å². The minimum absolute atomic E-state index is 0.0280. The van der Waals surface area contributed by atoms with E-state index in [1.54, 1.807) is 6.20 Å². The molecule has 0 radical (unpaired) electrons. The molecule has 0 bridgehead atoms. The van der Waals surface area contributed by atoms with Crippen LogP contribution in [-0.4, -0.2) is 10.3 Å². The van der Waals surface area contributed by atoms with Crippen LogP contribution in [0.2, 0.25) is 0 Å². The first kappa shape index (κ1) is 9.73. The number of benzene rings is 1. The molecule has 0 aliphatic heterocycles. The van der Waals surface area contributed by atoms with Gasteiger partial charge in [0.15, 0.2) is 0 Å². The largest absolute Gasteiger partial charge is 0.488 e. The van der Waals surface area contributed by atoms with Gasteiger partial charge in [-0.2, -0.15) is 0 Å². The van der Waals surface area contributed by atoms with Gasteiger partial charge in [0.1, 0.15) is 18.6 Å². The lowest BCUT2D eigenvalue weighted by molar-refractivity contribution is 0.258. The van der Waals surface area contributed by atoms with Crippen LogP contribution in [0.25, 0.3) is 0 Å². The van der Waals surface area contributed by atoms with E-state index in [-0.39, 0.29) is 6.61 Å². The Balaban J connectivity index is 2.04. The number of aliphatic hydroxyl groups excluding tert-OH is 1. The Labute approximate surface area is 87.1 Å². The highest BCUT2D eigenvalue weighted by Gasteiger charge is 2.02. The van der Waals surface area contributed by atoms with Gasteiger partial charge in [-0.1, -0.05) is 23.4 Å². The number of hydrogen-bond acceptors (Lipinski definition) is 4. The molecule has 15 heavy (non-hydrogen) atoms. The van der Waals surface area contributed by atoms with Crippen molar-refractivity contribution in [1.82, 2.24) is 5.16 Å². The molecule has 0 saturated heterocycles. The van der Waals surface area contributed by atoms with E-state index in [0.717, 1.165) is 11.1 Å². The minimum atomic E-state index is -0.0280. The number of hydrogen-bond donors (Lipinski definition) is 1. The predicted molar refractivity (Wildman–Crippen MR) is 53.2 cm³/mol. The number of rotatable bonds is 4. The molecule has 0 aliphatic carbocycles. The molecule has 78 valence electrons. The lowest BCUT2D eigenvalue weighted by Gasteiger charge is -2.07. The normalized spacial score (nSPS) is 10.2. The molecule has 4 heteroatoms. The van der Waals surface area contributed by atoms with Crippen molar-refractivity contribution in [2.45, 2.75) is 13.2 Å². The standard InChI is InChI=1S/C11H11NO3/c13-6-10-3-1-2-4-11(10)14-7-9-5-12-15-8-9/h1-5,8,13H,6-7H2. The van der Waals surface area contributed by atoms with Crippen molar-refractivity contribution in [3.8, 4) is 5.75 Å². The van der Waals surface area contributed by atoms with Crippen LogP contribution in [0, 0.1) is 0 Å². The fourth-order valence-corrected chi connectivity index (χ4v) is 1.23. The maximum absolute atomic E-state index is 9.06. The van der Waals surface area contributed by atoms with Crippen LogP contribution in [0.5, 0.6) is 5.75 Å². The van der Waals surface area contributed by atoms with Crippen LogP contribution in [0.3, 0.4) is 0 Å². The molecule has 0 fully saturated rings. The number of para-hydroxylation sites is 1. The van der Waals surface area contributed by atoms with Gasteiger partial charge in [0, 0.05) is 11.1 Å². The van der Waals surface area contributed by atoms with E-state index in [1.165, 1.54) is 6.26 Å². The Morgan fingerprint density at radius 1 is 1.33 bits per heavy atom. The molecule has 4 nitrogen and oxygen atoms in total. The molecule has 1 N–H and O–H groups in total. The highest BCUT2D eigenvalue weighted by Crippen LogP contribution is 2.18. The van der Waals surface area contributed by atoms with Crippen LogP contribution in [0.4, 0.5) is 0 Å². The smallest absolute Gasteiger partial charge is 0.130 e. The van der Waals surface area contributed by atoms with Crippen molar-refractivity contribution in [1.29, 1.82) is 0 Å². The zero-order chi connectivity index (χ0) is 10.5. The second-order valence-corrected chi connectivity index (χ2v) is 3.09. The van der Waals surface area contributed by atoms with Gasteiger partial charge in [-0.3, -0.25) is 0 Å². The third kappa shape index (κ3) is 2.35. The number of aliphatic hydroxyl groups is 1. The van der Waals surface area contributed by atoms with Crippen LogP contribution in [-0.2, 0) is 13.2 Å². The third-order valence-electron chi connectivity index (χ3n) is 2.02. The fourth-order valence-electron chi connectivity index (χ4n) is 1.23. The summed E-state index contributed by atoms with van der Waals surface area (Å²) in [7, 11) is 0. The first-order valence-corrected chi connectivity index (χ1v) is 4.60. The summed E-state index contributed by atoms with van der Waals surface area (Å²) in [6.45, 7) is 0.361. The molecular weight excluding hydrogens is 194 g/mol. The molecule has 0 aliphatic rings. The van der Waals surface area contributed by atoms with Crippen molar-refractivity contribution in [2.24, 2.45) is 0 Å². The summed E-state index contributed by atoms with van der Waals surface area (Å²) in [6, 6.07) is 7.36. The van der Waals surface area contributed by atoms with Gasteiger partial charge in [0.25, 0.3) is 0 Å². The molecule has 1 aromatic heterocycles. The second kappa shape index (κ2) is 4.61. The van der Waals surface area contributed by atoms with Gasteiger partial charge in [0.2, 0.25) is 0 Å². The number of ether oxygens (including phenoxy) is 1. The Morgan fingerprint density at radius 3 is 2.93 bits per heavy atom. The monoisotopic (exact) mass is 205 g/mol. The third-order valence-corrected chi connectivity index (χ3v) is 2.02. The zero-order valence-corrected chi connectivity index (χ0v) is 8.09. The molecule has 2 aromatic rings. The maximum atomic E-state index is 9.06. The number of nitrogens with zero attached hydrogens (tertiary/aromatic N) is 1. The average molecular weight is 205 g/mol. The molecule has 1 heterocycles. The van der Waals surface area contributed by atoms with Crippen molar-refractivity contribution in [2.75, 3.05) is 0 Å². The van der Waals surface area contributed by atoms with E-state index >= 15 is 0 Å². The highest BCUT2D eigenvalue weighted by molar-refractivity contribution is 5.32. The Kier molecular flexibility index (Phi) is 2.99. The minimum Gasteiger partial charge on any atom is -0.488 e. The van der Waals surface area contributed by atoms with Gasteiger partial charge >= 0.3 is 0 Å². The topological polar surface area (TPSA) is 55.5 Å². The van der Waals surface area contributed by atoms with E-state index in [9.17, 15) is 0 Å². The van der Waals surface area contributed by atoms with Gasteiger partial charge in [0.05, 0.1) is 12.8 Å². The average Bonchev–Trinajstić information content (AvgIpc) is 2.79. The van der Waals surface area contributed by atoms with Crippen molar-refractivity contribution in [3.63, 3.8) is 0 Å². The molecule has 0 amide bonds. The Hall–Kier alpha value is -1.81. The van der Waals surface area contributed by atoms with E-state index < -0.39 is 0 Å². The van der Waals surface area contributed by atoms with E-state index in [1.807, 2.05) is 24.3 Å². The molecule has 0 atom stereocenters. The second-order valence-electron chi connectivity index (χ2n) is 3.09. The zero-order valence-electron chi connectivity index (χ0n) is 8.09. The van der Waals surface area contributed by atoms with Crippen LogP contribution >= 0.6 is 0 Å². The summed E-state index contributed by atoms with van der Waals surface area (Å²) in [6.07, 6.45) is 3.13. The highest BCUT2D eigenvalue weighted by atomic mass is 16.5. The molecule has 1 aromatic carbocycles. The maximum Gasteiger partial charge on any atom is 0.130 e. The lowest BCUT2D eigenvalue weighted by atomic mass is 10.2. The summed E-state index contributed by atoms with van der Waals surface area (Å²) >= 11 is 0. The van der Waals surface area contributed by atoms with Crippen molar-refractivity contribution in [3.05, 3.63) is 47.9 Å². The fraction of sp³-hybridized carbons (Fsp3) is 0.182. The Morgan fingerprint density at radius 2 is 2.20 bits per heavy atom. The summed E-state index contributed by atoms with van der Waals surface area (Å²) in [5.74, 6) is 0.682. The van der Waals surface area contributed by atoms with Crippen LogP contribution in [0.1, 0.15) is 11.1 Å². The Bertz CT molecular complexity index is 412. The molecule has 0 unspecified atom stereocenters. The first-order chi connectivity index (χ1) is 7.40. The summed E-state index contributed by atoms with van der Waals surface area (Å²) < 4.78 is 10.2. The molecule has 2 rings (SSSR count). The van der Waals surface area contributed by atoms with Crippen LogP contribution < -0.4 is 4.74 Å². The molecule has 0 spiro atoms.